The summed E-state index contributed by atoms with van der Waals surface area (Å²) in [7, 11) is 0. The first-order chi connectivity index (χ1) is 15.6. The normalized spacial score (nSPS) is 15.4. The van der Waals surface area contributed by atoms with E-state index in [1.165, 1.54) is 28.5 Å². The van der Waals surface area contributed by atoms with Gasteiger partial charge in [0.15, 0.2) is 5.16 Å². The number of benzene rings is 2. The third-order valence-corrected chi connectivity index (χ3v) is 7.16. The van der Waals surface area contributed by atoms with Gasteiger partial charge in [0, 0.05) is 17.4 Å². The zero-order chi connectivity index (χ0) is 23.8. The number of nitrogens with zero attached hydrogens (tertiary/aromatic N) is 2. The number of rotatable bonds is 5. The lowest BCUT2D eigenvalue weighted by molar-refractivity contribution is -0.137. The van der Waals surface area contributed by atoms with Gasteiger partial charge in [-0.05, 0) is 43.3 Å². The van der Waals surface area contributed by atoms with Crippen molar-refractivity contribution in [2.75, 3.05) is 11.1 Å². The van der Waals surface area contributed by atoms with E-state index in [4.69, 9.17) is 0 Å². The van der Waals surface area contributed by atoms with Gasteiger partial charge in [0.25, 0.3) is 5.56 Å². The second kappa shape index (κ2) is 9.26. The van der Waals surface area contributed by atoms with Gasteiger partial charge in [-0.15, -0.1) is 11.8 Å². The SMILES string of the molecule is Cc1ccc(-n2c(SCC(=O)Nc3ccc(C(F)(F)F)cc3)nc3c(c2=O)SC(C)C3)cc1. The Labute approximate surface area is 196 Å². The van der Waals surface area contributed by atoms with Gasteiger partial charge >= 0.3 is 6.18 Å². The number of aromatic nitrogens is 2. The number of anilines is 1. The highest BCUT2D eigenvalue weighted by Crippen LogP contribution is 2.35. The van der Waals surface area contributed by atoms with Crippen LogP contribution in [0.15, 0.2) is 63.4 Å². The molecule has 1 unspecified atom stereocenters. The Hall–Kier alpha value is -2.72. The number of hydrogen-bond acceptors (Lipinski definition) is 5. The first-order valence-electron chi connectivity index (χ1n) is 10.1. The molecule has 1 amide bonds. The lowest BCUT2D eigenvalue weighted by Gasteiger charge is -2.14. The van der Waals surface area contributed by atoms with Crippen molar-refractivity contribution in [1.82, 2.24) is 9.55 Å². The second-order valence-electron chi connectivity index (χ2n) is 7.69. The minimum absolute atomic E-state index is 0.0548. The van der Waals surface area contributed by atoms with Gasteiger partial charge in [0.05, 0.1) is 27.6 Å². The molecular formula is C23H20F3N3O2S2. The molecule has 33 heavy (non-hydrogen) atoms. The Bertz CT molecular complexity index is 1240. The van der Waals surface area contributed by atoms with Crippen LogP contribution in [-0.4, -0.2) is 26.5 Å². The fourth-order valence-electron chi connectivity index (χ4n) is 3.39. The first kappa shape index (κ1) is 23.4. The van der Waals surface area contributed by atoms with Crippen molar-refractivity contribution in [3.05, 3.63) is 75.7 Å². The molecule has 0 bridgehead atoms. The fraction of sp³-hybridized carbons (Fsp3) is 0.261. The molecule has 2 heterocycles. The third kappa shape index (κ3) is 5.27. The van der Waals surface area contributed by atoms with Crippen molar-refractivity contribution < 1.29 is 18.0 Å². The third-order valence-electron chi connectivity index (χ3n) is 5.00. The van der Waals surface area contributed by atoms with Gasteiger partial charge < -0.3 is 5.32 Å². The minimum Gasteiger partial charge on any atom is -0.325 e. The van der Waals surface area contributed by atoms with Gasteiger partial charge in [0.2, 0.25) is 5.91 Å². The monoisotopic (exact) mass is 491 g/mol. The standard InChI is InChI=1S/C23H20F3N3O2S2/c1-13-3-9-17(10-4-13)29-21(31)20-18(11-14(2)33-20)28-22(29)32-12-19(30)27-16-7-5-15(6-8-16)23(24,25)26/h3-10,14H,11-12H2,1-2H3,(H,27,30). The van der Waals surface area contributed by atoms with Crippen LogP contribution in [0.1, 0.15) is 23.7 Å². The van der Waals surface area contributed by atoms with E-state index >= 15 is 0 Å². The quantitative estimate of drug-likeness (QED) is 0.386. The highest BCUT2D eigenvalue weighted by molar-refractivity contribution is 8.00. The molecule has 1 aliphatic rings. The minimum atomic E-state index is -4.44. The summed E-state index contributed by atoms with van der Waals surface area (Å²) in [5.74, 6) is -0.464. The van der Waals surface area contributed by atoms with Crippen molar-refractivity contribution in [3.8, 4) is 5.69 Å². The number of fused-ring (bicyclic) bond motifs is 1. The van der Waals surface area contributed by atoms with Crippen molar-refractivity contribution in [2.45, 2.75) is 41.7 Å². The number of hydrogen-bond donors (Lipinski definition) is 1. The molecule has 1 atom stereocenters. The van der Waals surface area contributed by atoms with Crippen LogP contribution in [-0.2, 0) is 17.4 Å². The Morgan fingerprint density at radius 1 is 1.18 bits per heavy atom. The van der Waals surface area contributed by atoms with Crippen molar-refractivity contribution in [2.24, 2.45) is 0 Å². The van der Waals surface area contributed by atoms with Crippen LogP contribution in [0.2, 0.25) is 0 Å². The average Bonchev–Trinajstić information content (AvgIpc) is 3.14. The van der Waals surface area contributed by atoms with Crippen molar-refractivity contribution >= 4 is 35.1 Å². The maximum Gasteiger partial charge on any atom is 0.416 e. The topological polar surface area (TPSA) is 64.0 Å². The zero-order valence-corrected chi connectivity index (χ0v) is 19.4. The summed E-state index contributed by atoms with van der Waals surface area (Å²) < 4.78 is 39.7. The van der Waals surface area contributed by atoms with E-state index in [0.717, 1.165) is 35.2 Å². The predicted octanol–water partition coefficient (Wildman–Crippen LogP) is 5.33. The molecule has 0 fully saturated rings. The lowest BCUT2D eigenvalue weighted by Crippen LogP contribution is -2.24. The summed E-state index contributed by atoms with van der Waals surface area (Å²) in [6.07, 6.45) is -3.76. The van der Waals surface area contributed by atoms with Crippen LogP contribution in [0, 0.1) is 6.92 Å². The molecule has 5 nitrogen and oxygen atoms in total. The fourth-order valence-corrected chi connectivity index (χ4v) is 5.31. The molecule has 0 saturated carbocycles. The van der Waals surface area contributed by atoms with Gasteiger partial charge in [-0.3, -0.25) is 14.2 Å². The second-order valence-corrected chi connectivity index (χ2v) is 10.1. The summed E-state index contributed by atoms with van der Waals surface area (Å²) in [6, 6.07) is 11.7. The number of thioether (sulfide) groups is 2. The Kier molecular flexibility index (Phi) is 6.58. The summed E-state index contributed by atoms with van der Waals surface area (Å²) in [5, 5.41) is 3.23. The molecule has 172 valence electrons. The molecule has 0 aliphatic carbocycles. The van der Waals surface area contributed by atoms with Crippen molar-refractivity contribution in [1.29, 1.82) is 0 Å². The summed E-state index contributed by atoms with van der Waals surface area (Å²) >= 11 is 2.62. The number of carbonyl (C=O) groups is 1. The number of nitrogens with one attached hydrogen (secondary N) is 1. The number of aryl methyl sites for hydroxylation is 1. The predicted molar refractivity (Wildman–Crippen MR) is 124 cm³/mol. The smallest absolute Gasteiger partial charge is 0.325 e. The van der Waals surface area contributed by atoms with Crippen LogP contribution in [0.4, 0.5) is 18.9 Å². The number of amides is 1. The summed E-state index contributed by atoms with van der Waals surface area (Å²) in [4.78, 5) is 31.0. The molecule has 3 aromatic rings. The molecule has 1 N–H and O–H groups in total. The molecule has 2 aromatic carbocycles. The molecule has 10 heteroatoms. The van der Waals surface area contributed by atoms with Gasteiger partial charge in [0.1, 0.15) is 0 Å². The number of halogens is 3. The molecule has 0 spiro atoms. The molecule has 0 radical (unpaired) electrons. The van der Waals surface area contributed by atoms with E-state index in [-0.39, 0.29) is 22.2 Å². The van der Waals surface area contributed by atoms with E-state index in [1.807, 2.05) is 38.1 Å². The van der Waals surface area contributed by atoms with Crippen molar-refractivity contribution in [3.63, 3.8) is 0 Å². The Morgan fingerprint density at radius 2 is 1.85 bits per heavy atom. The van der Waals surface area contributed by atoms with E-state index < -0.39 is 17.6 Å². The van der Waals surface area contributed by atoms with E-state index in [2.05, 4.69) is 10.3 Å². The Morgan fingerprint density at radius 3 is 2.48 bits per heavy atom. The molecule has 1 aromatic heterocycles. The molecule has 1 aliphatic heterocycles. The zero-order valence-electron chi connectivity index (χ0n) is 17.8. The van der Waals surface area contributed by atoms with E-state index in [1.54, 1.807) is 0 Å². The molecular weight excluding hydrogens is 471 g/mol. The number of alkyl halides is 3. The summed E-state index contributed by atoms with van der Waals surface area (Å²) in [6.45, 7) is 3.98. The largest absolute Gasteiger partial charge is 0.416 e. The van der Waals surface area contributed by atoms with Crippen LogP contribution in [0.3, 0.4) is 0 Å². The van der Waals surface area contributed by atoms with E-state index in [9.17, 15) is 22.8 Å². The molecule has 4 rings (SSSR count). The van der Waals surface area contributed by atoms with Gasteiger partial charge in [-0.25, -0.2) is 4.98 Å². The molecule has 0 saturated heterocycles. The van der Waals surface area contributed by atoms with Gasteiger partial charge in [-0.2, -0.15) is 13.2 Å². The van der Waals surface area contributed by atoms with Crippen LogP contribution in [0.5, 0.6) is 0 Å². The van der Waals surface area contributed by atoms with Crippen LogP contribution >= 0.6 is 23.5 Å². The first-order valence-corrected chi connectivity index (χ1v) is 12.0. The van der Waals surface area contributed by atoms with Gasteiger partial charge in [-0.1, -0.05) is 36.4 Å². The maximum atomic E-state index is 13.3. The Balaban J connectivity index is 1.55. The van der Waals surface area contributed by atoms with Crippen LogP contribution in [0.25, 0.3) is 5.69 Å². The highest BCUT2D eigenvalue weighted by Gasteiger charge is 2.30. The summed E-state index contributed by atoms with van der Waals surface area (Å²) in [5.41, 5.74) is 1.75. The lowest BCUT2D eigenvalue weighted by atomic mass is 10.2. The van der Waals surface area contributed by atoms with E-state index in [0.29, 0.717) is 22.2 Å². The average molecular weight is 492 g/mol. The number of carbonyl (C=O) groups excluding carboxylic acids is 1. The van der Waals surface area contributed by atoms with Crippen LogP contribution < -0.4 is 10.9 Å². The highest BCUT2D eigenvalue weighted by atomic mass is 32.2. The maximum absolute atomic E-state index is 13.3.